The molecule has 88 valence electrons. The Morgan fingerprint density at radius 2 is 2.06 bits per heavy atom. The highest BCUT2D eigenvalue weighted by Crippen LogP contribution is 2.26. The summed E-state index contributed by atoms with van der Waals surface area (Å²) in [7, 11) is 0. The van der Waals surface area contributed by atoms with Gasteiger partial charge in [-0.15, -0.1) is 0 Å². The van der Waals surface area contributed by atoms with Crippen LogP contribution in [0.5, 0.6) is 0 Å². The summed E-state index contributed by atoms with van der Waals surface area (Å²) in [6.07, 6.45) is 0.546. The SMILES string of the molecule is CCC(C(=O)O)C(N)c1cc(C)ccc1C. The van der Waals surface area contributed by atoms with Gasteiger partial charge in [0.1, 0.15) is 0 Å². The van der Waals surface area contributed by atoms with Gasteiger partial charge in [0.05, 0.1) is 5.92 Å². The topological polar surface area (TPSA) is 63.3 Å². The van der Waals surface area contributed by atoms with Gasteiger partial charge in [0.2, 0.25) is 0 Å². The van der Waals surface area contributed by atoms with E-state index in [2.05, 4.69) is 0 Å². The number of nitrogens with two attached hydrogens (primary N) is 1. The molecule has 0 saturated carbocycles. The maximum absolute atomic E-state index is 11.1. The van der Waals surface area contributed by atoms with Crippen LogP contribution in [-0.4, -0.2) is 11.1 Å². The van der Waals surface area contributed by atoms with Crippen molar-refractivity contribution in [2.24, 2.45) is 11.7 Å². The van der Waals surface area contributed by atoms with Crippen LogP contribution in [0.2, 0.25) is 0 Å². The highest BCUT2D eigenvalue weighted by molar-refractivity contribution is 5.71. The summed E-state index contributed by atoms with van der Waals surface area (Å²) in [5, 5.41) is 9.09. The third kappa shape index (κ3) is 2.61. The van der Waals surface area contributed by atoms with Crippen molar-refractivity contribution in [1.29, 1.82) is 0 Å². The number of carboxylic acid groups (broad SMARTS) is 1. The minimum atomic E-state index is -0.823. The molecule has 0 spiro atoms. The minimum absolute atomic E-state index is 0.428. The zero-order chi connectivity index (χ0) is 12.3. The molecule has 0 aliphatic carbocycles. The van der Waals surface area contributed by atoms with E-state index in [1.807, 2.05) is 39.0 Å². The highest BCUT2D eigenvalue weighted by Gasteiger charge is 2.25. The van der Waals surface area contributed by atoms with Gasteiger partial charge in [-0.2, -0.15) is 0 Å². The molecule has 0 aliphatic heterocycles. The second-order valence-corrected chi connectivity index (χ2v) is 4.24. The van der Waals surface area contributed by atoms with E-state index in [-0.39, 0.29) is 0 Å². The summed E-state index contributed by atoms with van der Waals surface area (Å²) in [6.45, 7) is 5.80. The van der Waals surface area contributed by atoms with E-state index in [9.17, 15) is 4.79 Å². The molecule has 0 aliphatic rings. The molecule has 1 aromatic carbocycles. The van der Waals surface area contributed by atoms with Crippen LogP contribution >= 0.6 is 0 Å². The summed E-state index contributed by atoms with van der Waals surface area (Å²) in [4.78, 5) is 11.1. The van der Waals surface area contributed by atoms with E-state index in [0.29, 0.717) is 6.42 Å². The number of carboxylic acids is 1. The average Bonchev–Trinajstić information content (AvgIpc) is 2.22. The van der Waals surface area contributed by atoms with E-state index in [1.54, 1.807) is 0 Å². The summed E-state index contributed by atoms with van der Waals surface area (Å²) in [5.74, 6) is -1.34. The Balaban J connectivity index is 3.07. The molecule has 0 aromatic heterocycles. The Morgan fingerprint density at radius 3 is 2.56 bits per heavy atom. The summed E-state index contributed by atoms with van der Waals surface area (Å²) in [6, 6.07) is 5.54. The summed E-state index contributed by atoms with van der Waals surface area (Å²) in [5.41, 5.74) is 9.14. The monoisotopic (exact) mass is 221 g/mol. The second kappa shape index (κ2) is 5.12. The predicted octanol–water partition coefficient (Wildman–Crippen LogP) is 2.41. The smallest absolute Gasteiger partial charge is 0.308 e. The van der Waals surface area contributed by atoms with Crippen molar-refractivity contribution in [2.45, 2.75) is 33.2 Å². The molecule has 0 saturated heterocycles. The van der Waals surface area contributed by atoms with Crippen molar-refractivity contribution < 1.29 is 9.90 Å². The van der Waals surface area contributed by atoms with E-state index in [1.165, 1.54) is 0 Å². The first-order chi connectivity index (χ1) is 7.47. The van der Waals surface area contributed by atoms with Gasteiger partial charge < -0.3 is 10.8 Å². The molecule has 1 aromatic rings. The molecule has 0 amide bonds. The van der Waals surface area contributed by atoms with Crippen LogP contribution in [0.25, 0.3) is 0 Å². The van der Waals surface area contributed by atoms with E-state index in [0.717, 1.165) is 16.7 Å². The molecule has 2 unspecified atom stereocenters. The lowest BCUT2D eigenvalue weighted by Crippen LogP contribution is -2.28. The Bertz CT molecular complexity index is 388. The molecule has 2 atom stereocenters. The van der Waals surface area contributed by atoms with Crippen LogP contribution < -0.4 is 5.73 Å². The second-order valence-electron chi connectivity index (χ2n) is 4.24. The molecule has 0 bridgehead atoms. The van der Waals surface area contributed by atoms with Gasteiger partial charge in [-0.3, -0.25) is 4.79 Å². The van der Waals surface area contributed by atoms with Crippen molar-refractivity contribution in [3.63, 3.8) is 0 Å². The van der Waals surface area contributed by atoms with Crippen LogP contribution in [-0.2, 0) is 4.79 Å². The van der Waals surface area contributed by atoms with Gasteiger partial charge in [0, 0.05) is 6.04 Å². The third-order valence-corrected chi connectivity index (χ3v) is 2.98. The largest absolute Gasteiger partial charge is 0.481 e. The van der Waals surface area contributed by atoms with Crippen molar-refractivity contribution in [3.8, 4) is 0 Å². The Hall–Kier alpha value is -1.35. The van der Waals surface area contributed by atoms with Crippen LogP contribution in [0.15, 0.2) is 18.2 Å². The zero-order valence-electron chi connectivity index (χ0n) is 10.0. The van der Waals surface area contributed by atoms with Crippen molar-refractivity contribution in [3.05, 3.63) is 34.9 Å². The number of benzene rings is 1. The van der Waals surface area contributed by atoms with Crippen LogP contribution in [0.1, 0.15) is 36.1 Å². The lowest BCUT2D eigenvalue weighted by atomic mass is 9.88. The van der Waals surface area contributed by atoms with Gasteiger partial charge in [-0.05, 0) is 31.4 Å². The lowest BCUT2D eigenvalue weighted by Gasteiger charge is -2.21. The number of hydrogen-bond donors (Lipinski definition) is 2. The quantitative estimate of drug-likeness (QED) is 0.820. The van der Waals surface area contributed by atoms with Gasteiger partial charge in [0.15, 0.2) is 0 Å². The van der Waals surface area contributed by atoms with Crippen LogP contribution in [0.3, 0.4) is 0 Å². The molecule has 1 rings (SSSR count). The van der Waals surface area contributed by atoms with Gasteiger partial charge >= 0.3 is 5.97 Å². The maximum atomic E-state index is 11.1. The third-order valence-electron chi connectivity index (χ3n) is 2.98. The molecule has 3 nitrogen and oxygen atoms in total. The number of hydrogen-bond acceptors (Lipinski definition) is 2. The van der Waals surface area contributed by atoms with E-state index >= 15 is 0 Å². The molecule has 0 radical (unpaired) electrons. The lowest BCUT2D eigenvalue weighted by molar-refractivity contribution is -0.142. The first-order valence-corrected chi connectivity index (χ1v) is 5.53. The highest BCUT2D eigenvalue weighted by atomic mass is 16.4. The standard InChI is InChI=1S/C13H19NO2/c1-4-10(13(15)16)12(14)11-7-8(2)5-6-9(11)3/h5-7,10,12H,4,14H2,1-3H3,(H,15,16). The number of carbonyl (C=O) groups is 1. The molecule has 0 heterocycles. The number of aliphatic carboxylic acids is 1. The van der Waals surface area contributed by atoms with E-state index < -0.39 is 17.9 Å². The molecular formula is C13H19NO2. The fourth-order valence-corrected chi connectivity index (χ4v) is 1.92. The zero-order valence-corrected chi connectivity index (χ0v) is 10.0. The van der Waals surface area contributed by atoms with Crippen LogP contribution in [0, 0.1) is 19.8 Å². The van der Waals surface area contributed by atoms with Crippen molar-refractivity contribution in [1.82, 2.24) is 0 Å². The summed E-state index contributed by atoms with van der Waals surface area (Å²) < 4.78 is 0. The predicted molar refractivity (Wildman–Crippen MR) is 64.3 cm³/mol. The Labute approximate surface area is 96.3 Å². The minimum Gasteiger partial charge on any atom is -0.481 e. The van der Waals surface area contributed by atoms with Crippen molar-refractivity contribution >= 4 is 5.97 Å². The number of aryl methyl sites for hydroxylation is 2. The first kappa shape index (κ1) is 12.7. The normalized spacial score (nSPS) is 14.5. The Kier molecular flexibility index (Phi) is 4.07. The summed E-state index contributed by atoms with van der Waals surface area (Å²) >= 11 is 0. The average molecular weight is 221 g/mol. The molecule has 0 fully saturated rings. The maximum Gasteiger partial charge on any atom is 0.308 e. The Morgan fingerprint density at radius 1 is 1.44 bits per heavy atom. The molecule has 3 N–H and O–H groups in total. The van der Waals surface area contributed by atoms with E-state index in [4.69, 9.17) is 10.8 Å². The van der Waals surface area contributed by atoms with Crippen LogP contribution in [0.4, 0.5) is 0 Å². The molecule has 16 heavy (non-hydrogen) atoms. The first-order valence-electron chi connectivity index (χ1n) is 5.53. The van der Waals surface area contributed by atoms with Gasteiger partial charge in [-0.1, -0.05) is 30.7 Å². The molecule has 3 heteroatoms. The van der Waals surface area contributed by atoms with Gasteiger partial charge in [0.25, 0.3) is 0 Å². The fraction of sp³-hybridized carbons (Fsp3) is 0.462. The van der Waals surface area contributed by atoms with Gasteiger partial charge in [-0.25, -0.2) is 0 Å². The fourth-order valence-electron chi connectivity index (χ4n) is 1.92. The number of rotatable bonds is 4. The van der Waals surface area contributed by atoms with Crippen molar-refractivity contribution in [2.75, 3.05) is 0 Å². The molecular weight excluding hydrogens is 202 g/mol.